The number of fused-ring (bicyclic) bond motifs is 2. The van der Waals surface area contributed by atoms with Crippen LogP contribution in [-0.4, -0.2) is 30.2 Å². The molecule has 2 aliphatic rings. The number of anilines is 1. The first kappa shape index (κ1) is 11.8. The predicted molar refractivity (Wildman–Crippen MR) is 70.2 cm³/mol. The SMILES string of the molecule is O=C(O)C1c2ccc(Cl)cc2NC2CCNCC21. The monoisotopic (exact) mass is 266 g/mol. The highest BCUT2D eigenvalue weighted by Crippen LogP contribution is 2.41. The average Bonchev–Trinajstić information content (AvgIpc) is 2.35. The molecule has 0 amide bonds. The molecular formula is C13H15ClN2O2. The Balaban J connectivity index is 2.06. The van der Waals surface area contributed by atoms with Gasteiger partial charge in [-0.3, -0.25) is 4.79 Å². The van der Waals surface area contributed by atoms with Crippen LogP contribution in [0.15, 0.2) is 18.2 Å². The van der Waals surface area contributed by atoms with Gasteiger partial charge in [0.25, 0.3) is 0 Å². The fourth-order valence-corrected chi connectivity index (χ4v) is 3.26. The zero-order valence-corrected chi connectivity index (χ0v) is 10.6. The van der Waals surface area contributed by atoms with Crippen LogP contribution in [0.25, 0.3) is 0 Å². The van der Waals surface area contributed by atoms with Gasteiger partial charge in [0.05, 0.1) is 5.92 Å². The molecule has 3 atom stereocenters. The highest BCUT2D eigenvalue weighted by molar-refractivity contribution is 6.30. The number of rotatable bonds is 1. The van der Waals surface area contributed by atoms with Gasteiger partial charge in [0.15, 0.2) is 0 Å². The molecule has 2 heterocycles. The lowest BCUT2D eigenvalue weighted by Crippen LogP contribution is -2.50. The third kappa shape index (κ3) is 1.85. The Morgan fingerprint density at radius 1 is 1.44 bits per heavy atom. The maximum atomic E-state index is 11.6. The normalized spacial score (nSPS) is 29.9. The fraction of sp³-hybridized carbons (Fsp3) is 0.462. The van der Waals surface area contributed by atoms with Crippen LogP contribution in [0.5, 0.6) is 0 Å². The molecule has 0 bridgehead atoms. The van der Waals surface area contributed by atoms with Crippen LogP contribution in [0, 0.1) is 5.92 Å². The van der Waals surface area contributed by atoms with Gasteiger partial charge in [-0.15, -0.1) is 0 Å². The van der Waals surface area contributed by atoms with Crippen LogP contribution in [0.2, 0.25) is 5.02 Å². The van der Waals surface area contributed by atoms with Gasteiger partial charge < -0.3 is 15.7 Å². The Morgan fingerprint density at radius 3 is 3.06 bits per heavy atom. The first-order valence-electron chi connectivity index (χ1n) is 6.16. The second-order valence-corrected chi connectivity index (χ2v) is 5.39. The summed E-state index contributed by atoms with van der Waals surface area (Å²) >= 11 is 5.98. The quantitative estimate of drug-likeness (QED) is 0.727. The number of aliphatic carboxylic acids is 1. The van der Waals surface area contributed by atoms with E-state index in [1.54, 1.807) is 6.07 Å². The van der Waals surface area contributed by atoms with Gasteiger partial charge in [0.1, 0.15) is 0 Å². The van der Waals surface area contributed by atoms with Crippen molar-refractivity contribution in [3.8, 4) is 0 Å². The Hall–Kier alpha value is -1.26. The van der Waals surface area contributed by atoms with Crippen LogP contribution in [0.1, 0.15) is 17.9 Å². The average molecular weight is 267 g/mol. The molecule has 1 fully saturated rings. The highest BCUT2D eigenvalue weighted by atomic mass is 35.5. The van der Waals surface area contributed by atoms with Crippen molar-refractivity contribution in [3.63, 3.8) is 0 Å². The van der Waals surface area contributed by atoms with Crippen LogP contribution in [0.3, 0.4) is 0 Å². The van der Waals surface area contributed by atoms with E-state index < -0.39 is 11.9 Å². The summed E-state index contributed by atoms with van der Waals surface area (Å²) in [4.78, 5) is 11.6. The first-order valence-corrected chi connectivity index (χ1v) is 6.54. The van der Waals surface area contributed by atoms with Crippen molar-refractivity contribution in [3.05, 3.63) is 28.8 Å². The van der Waals surface area contributed by atoms with Gasteiger partial charge in [-0.05, 0) is 30.7 Å². The smallest absolute Gasteiger partial charge is 0.311 e. The van der Waals surface area contributed by atoms with Gasteiger partial charge in [-0.2, -0.15) is 0 Å². The van der Waals surface area contributed by atoms with Crippen molar-refractivity contribution >= 4 is 23.3 Å². The van der Waals surface area contributed by atoms with Gasteiger partial charge in [-0.1, -0.05) is 17.7 Å². The van der Waals surface area contributed by atoms with E-state index in [2.05, 4.69) is 10.6 Å². The van der Waals surface area contributed by atoms with E-state index in [4.69, 9.17) is 11.6 Å². The van der Waals surface area contributed by atoms with Gasteiger partial charge in [0, 0.05) is 29.2 Å². The molecule has 18 heavy (non-hydrogen) atoms. The Morgan fingerprint density at radius 2 is 2.28 bits per heavy atom. The van der Waals surface area contributed by atoms with E-state index in [0.717, 1.165) is 30.8 Å². The number of hydrogen-bond donors (Lipinski definition) is 3. The van der Waals surface area contributed by atoms with E-state index in [-0.39, 0.29) is 12.0 Å². The lowest BCUT2D eigenvalue weighted by molar-refractivity contribution is -0.140. The molecule has 3 rings (SSSR count). The van der Waals surface area contributed by atoms with Crippen molar-refractivity contribution in [2.45, 2.75) is 18.4 Å². The number of piperidine rings is 1. The van der Waals surface area contributed by atoms with E-state index in [1.807, 2.05) is 12.1 Å². The minimum absolute atomic E-state index is 0.102. The van der Waals surface area contributed by atoms with E-state index in [1.165, 1.54) is 0 Å². The van der Waals surface area contributed by atoms with Crippen LogP contribution in [0.4, 0.5) is 5.69 Å². The number of carboxylic acids is 1. The molecule has 3 unspecified atom stereocenters. The molecule has 2 aliphatic heterocycles. The van der Waals surface area contributed by atoms with Crippen LogP contribution in [-0.2, 0) is 4.79 Å². The second kappa shape index (κ2) is 4.44. The summed E-state index contributed by atoms with van der Waals surface area (Å²) in [6, 6.07) is 5.63. The Labute approximate surface area is 110 Å². The van der Waals surface area contributed by atoms with E-state index in [9.17, 15) is 9.90 Å². The topological polar surface area (TPSA) is 61.4 Å². The minimum Gasteiger partial charge on any atom is -0.481 e. The number of nitrogens with one attached hydrogen (secondary N) is 2. The maximum absolute atomic E-state index is 11.6. The molecule has 0 aromatic heterocycles. The summed E-state index contributed by atoms with van der Waals surface area (Å²) in [5.74, 6) is -1.10. The van der Waals surface area contributed by atoms with Crippen molar-refractivity contribution < 1.29 is 9.90 Å². The third-order valence-electron chi connectivity index (χ3n) is 3.91. The van der Waals surface area contributed by atoms with Crippen LogP contribution < -0.4 is 10.6 Å². The summed E-state index contributed by atoms with van der Waals surface area (Å²) in [6.07, 6.45) is 0.945. The van der Waals surface area contributed by atoms with Gasteiger partial charge >= 0.3 is 5.97 Å². The molecule has 5 heteroatoms. The number of carbonyl (C=O) groups is 1. The van der Waals surface area contributed by atoms with Crippen molar-refractivity contribution in [1.29, 1.82) is 0 Å². The lowest BCUT2D eigenvalue weighted by atomic mass is 9.75. The first-order chi connectivity index (χ1) is 8.66. The molecule has 3 N–H and O–H groups in total. The molecule has 0 radical (unpaired) electrons. The lowest BCUT2D eigenvalue weighted by Gasteiger charge is -2.42. The Bertz CT molecular complexity index is 492. The molecule has 0 spiro atoms. The molecule has 0 aliphatic carbocycles. The van der Waals surface area contributed by atoms with Gasteiger partial charge in [0.2, 0.25) is 0 Å². The molecule has 4 nitrogen and oxygen atoms in total. The largest absolute Gasteiger partial charge is 0.481 e. The third-order valence-corrected chi connectivity index (χ3v) is 4.15. The fourth-order valence-electron chi connectivity index (χ4n) is 3.08. The van der Waals surface area contributed by atoms with E-state index >= 15 is 0 Å². The summed E-state index contributed by atoms with van der Waals surface area (Å²) in [7, 11) is 0. The van der Waals surface area contributed by atoms with Crippen molar-refractivity contribution in [2.24, 2.45) is 5.92 Å². The molecule has 1 saturated heterocycles. The predicted octanol–water partition coefficient (Wildman–Crippen LogP) is 1.91. The highest BCUT2D eigenvalue weighted by Gasteiger charge is 2.41. The zero-order valence-electron chi connectivity index (χ0n) is 9.82. The molecular weight excluding hydrogens is 252 g/mol. The number of hydrogen-bond acceptors (Lipinski definition) is 3. The minimum atomic E-state index is -0.751. The van der Waals surface area contributed by atoms with Crippen LogP contribution >= 0.6 is 11.6 Å². The maximum Gasteiger partial charge on any atom is 0.311 e. The second-order valence-electron chi connectivity index (χ2n) is 4.95. The standard InChI is InChI=1S/C13H15ClN2O2/c14-7-1-2-8-11(5-7)16-10-3-4-15-6-9(10)12(8)13(17)18/h1-2,5,9-10,12,15-16H,3-4,6H2,(H,17,18). The molecule has 1 aromatic rings. The van der Waals surface area contributed by atoms with Crippen molar-refractivity contribution in [2.75, 3.05) is 18.4 Å². The summed E-state index contributed by atoms with van der Waals surface area (Å²) in [6.45, 7) is 1.67. The Kier molecular flexibility index (Phi) is 2.92. The number of halogens is 1. The van der Waals surface area contributed by atoms with Gasteiger partial charge in [-0.25, -0.2) is 0 Å². The molecule has 96 valence electrons. The zero-order chi connectivity index (χ0) is 12.7. The van der Waals surface area contributed by atoms with Crippen molar-refractivity contribution in [1.82, 2.24) is 5.32 Å². The number of carboxylic acid groups (broad SMARTS) is 1. The molecule has 1 aromatic carbocycles. The summed E-state index contributed by atoms with van der Waals surface area (Å²) < 4.78 is 0. The summed E-state index contributed by atoms with van der Waals surface area (Å²) in [5.41, 5.74) is 1.72. The number of benzene rings is 1. The summed E-state index contributed by atoms with van der Waals surface area (Å²) in [5, 5.41) is 16.9. The molecule has 0 saturated carbocycles. The van der Waals surface area contributed by atoms with E-state index in [0.29, 0.717) is 5.02 Å².